The van der Waals surface area contributed by atoms with E-state index in [1.54, 1.807) is 19.1 Å². The molecule has 0 aliphatic heterocycles. The Balaban J connectivity index is 1.72. The summed E-state index contributed by atoms with van der Waals surface area (Å²) in [5, 5.41) is 4.62. The summed E-state index contributed by atoms with van der Waals surface area (Å²) >= 11 is 0. The van der Waals surface area contributed by atoms with Gasteiger partial charge in [-0.1, -0.05) is 31.0 Å². The van der Waals surface area contributed by atoms with Crippen LogP contribution in [0.4, 0.5) is 4.39 Å². The number of benzene rings is 1. The number of nitrogens with zero attached hydrogens (tertiary/aromatic N) is 2. The summed E-state index contributed by atoms with van der Waals surface area (Å²) in [6, 6.07) is 7.57. The predicted octanol–water partition coefficient (Wildman–Crippen LogP) is 3.69. The Hall–Kier alpha value is -1.68. The lowest BCUT2D eigenvalue weighted by Crippen LogP contribution is -2.16. The van der Waals surface area contributed by atoms with Crippen LogP contribution in [0.2, 0.25) is 0 Å². The number of hydrogen-bond donors (Lipinski definition) is 1. The van der Waals surface area contributed by atoms with Crippen molar-refractivity contribution in [2.24, 2.45) is 5.73 Å². The Labute approximate surface area is 125 Å². The molecule has 0 radical (unpaired) electrons. The van der Waals surface area contributed by atoms with E-state index in [1.165, 1.54) is 25.7 Å². The minimum Gasteiger partial charge on any atom is -0.324 e. The maximum atomic E-state index is 14.1. The maximum absolute atomic E-state index is 14.1. The van der Waals surface area contributed by atoms with Crippen molar-refractivity contribution in [3.63, 3.8) is 0 Å². The number of aromatic nitrogens is 2. The van der Waals surface area contributed by atoms with Crippen LogP contribution < -0.4 is 5.73 Å². The number of hydrogen-bond acceptors (Lipinski definition) is 2. The van der Waals surface area contributed by atoms with Crippen LogP contribution in [0, 0.1) is 12.7 Å². The molecule has 1 unspecified atom stereocenters. The molecule has 1 saturated carbocycles. The summed E-state index contributed by atoms with van der Waals surface area (Å²) in [7, 11) is 0. The first kappa shape index (κ1) is 14.3. The average Bonchev–Trinajstić information content (AvgIpc) is 3.12. The zero-order valence-electron chi connectivity index (χ0n) is 12.4. The Morgan fingerprint density at radius 1 is 1.33 bits per heavy atom. The molecule has 0 amide bonds. The molecule has 0 bridgehead atoms. The highest BCUT2D eigenvalue weighted by Gasteiger charge is 2.19. The summed E-state index contributed by atoms with van der Waals surface area (Å²) in [4.78, 5) is 0. The molecule has 1 aliphatic rings. The van der Waals surface area contributed by atoms with Crippen LogP contribution in [0.25, 0.3) is 0 Å². The first-order chi connectivity index (χ1) is 10.1. The van der Waals surface area contributed by atoms with E-state index in [0.29, 0.717) is 23.6 Å². The molecule has 1 aromatic carbocycles. The Morgan fingerprint density at radius 3 is 2.86 bits per heavy atom. The first-order valence-electron chi connectivity index (χ1n) is 7.70. The van der Waals surface area contributed by atoms with Crippen LogP contribution in [0.3, 0.4) is 0 Å². The van der Waals surface area contributed by atoms with Crippen molar-refractivity contribution >= 4 is 0 Å². The van der Waals surface area contributed by atoms with E-state index >= 15 is 0 Å². The second kappa shape index (κ2) is 5.98. The minimum absolute atomic E-state index is 0.194. The van der Waals surface area contributed by atoms with Gasteiger partial charge in [-0.3, -0.25) is 4.68 Å². The Bertz CT molecular complexity index is 614. The van der Waals surface area contributed by atoms with Crippen molar-refractivity contribution in [2.45, 2.75) is 51.1 Å². The standard InChI is InChI=1S/C17H22FN3/c1-12-5-4-8-15(17(12)18)16(19)11-13-9-10-21(20-13)14-6-2-3-7-14/h4-5,8-10,14,16H,2-3,6-7,11,19H2,1H3. The summed E-state index contributed by atoms with van der Waals surface area (Å²) in [6.07, 6.45) is 7.59. The van der Waals surface area contributed by atoms with Crippen LogP contribution >= 0.6 is 0 Å². The maximum Gasteiger partial charge on any atom is 0.130 e. The zero-order valence-corrected chi connectivity index (χ0v) is 12.4. The minimum atomic E-state index is -0.350. The SMILES string of the molecule is Cc1cccc(C(N)Cc2ccn(C3CCCC3)n2)c1F. The molecule has 112 valence electrons. The third-order valence-electron chi connectivity index (χ3n) is 4.41. The van der Waals surface area contributed by atoms with Gasteiger partial charge in [-0.05, 0) is 31.4 Å². The monoisotopic (exact) mass is 287 g/mol. The summed E-state index contributed by atoms with van der Waals surface area (Å²) in [5.74, 6) is -0.194. The fourth-order valence-electron chi connectivity index (χ4n) is 3.15. The lowest BCUT2D eigenvalue weighted by atomic mass is 10.0. The largest absolute Gasteiger partial charge is 0.324 e. The fourth-order valence-corrected chi connectivity index (χ4v) is 3.15. The highest BCUT2D eigenvalue weighted by atomic mass is 19.1. The smallest absolute Gasteiger partial charge is 0.130 e. The molecule has 1 aromatic heterocycles. The Kier molecular flexibility index (Phi) is 4.06. The normalized spacial score (nSPS) is 17.3. The number of halogens is 1. The molecule has 3 nitrogen and oxygen atoms in total. The number of aryl methyl sites for hydroxylation is 1. The van der Waals surface area contributed by atoms with Crippen LogP contribution in [-0.4, -0.2) is 9.78 Å². The third-order valence-corrected chi connectivity index (χ3v) is 4.41. The third kappa shape index (κ3) is 3.00. The van der Waals surface area contributed by atoms with Gasteiger partial charge in [0.05, 0.1) is 11.7 Å². The van der Waals surface area contributed by atoms with E-state index < -0.39 is 0 Å². The first-order valence-corrected chi connectivity index (χ1v) is 7.70. The van der Waals surface area contributed by atoms with Gasteiger partial charge in [-0.25, -0.2) is 4.39 Å². The van der Waals surface area contributed by atoms with Gasteiger partial charge < -0.3 is 5.73 Å². The molecule has 1 fully saturated rings. The highest BCUT2D eigenvalue weighted by molar-refractivity contribution is 5.28. The second-order valence-corrected chi connectivity index (χ2v) is 6.01. The van der Waals surface area contributed by atoms with Gasteiger partial charge in [0.15, 0.2) is 0 Å². The van der Waals surface area contributed by atoms with E-state index in [4.69, 9.17) is 5.73 Å². The molecule has 1 atom stereocenters. The summed E-state index contributed by atoms with van der Waals surface area (Å²) in [5.41, 5.74) is 8.32. The zero-order chi connectivity index (χ0) is 14.8. The van der Waals surface area contributed by atoms with Gasteiger partial charge in [0, 0.05) is 24.2 Å². The van der Waals surface area contributed by atoms with Gasteiger partial charge in [0.25, 0.3) is 0 Å². The van der Waals surface area contributed by atoms with E-state index in [9.17, 15) is 4.39 Å². The van der Waals surface area contributed by atoms with E-state index in [2.05, 4.69) is 9.78 Å². The Morgan fingerprint density at radius 2 is 2.10 bits per heavy atom. The predicted molar refractivity (Wildman–Crippen MR) is 81.5 cm³/mol. The quantitative estimate of drug-likeness (QED) is 0.932. The van der Waals surface area contributed by atoms with E-state index in [0.717, 1.165) is 5.69 Å². The molecular weight excluding hydrogens is 265 g/mol. The molecule has 21 heavy (non-hydrogen) atoms. The highest BCUT2D eigenvalue weighted by Crippen LogP contribution is 2.29. The van der Waals surface area contributed by atoms with Crippen LogP contribution in [0.5, 0.6) is 0 Å². The molecule has 3 rings (SSSR count). The van der Waals surface area contributed by atoms with Crippen molar-refractivity contribution in [1.82, 2.24) is 9.78 Å². The average molecular weight is 287 g/mol. The molecule has 2 aromatic rings. The molecule has 2 N–H and O–H groups in total. The lowest BCUT2D eigenvalue weighted by molar-refractivity contribution is 0.460. The molecular formula is C17H22FN3. The molecule has 0 spiro atoms. The molecule has 4 heteroatoms. The topological polar surface area (TPSA) is 43.8 Å². The van der Waals surface area contributed by atoms with Crippen molar-refractivity contribution < 1.29 is 4.39 Å². The van der Waals surface area contributed by atoms with Crippen molar-refractivity contribution in [2.75, 3.05) is 0 Å². The van der Waals surface area contributed by atoms with Crippen LogP contribution in [0.1, 0.15) is 54.6 Å². The lowest BCUT2D eigenvalue weighted by Gasteiger charge is -2.13. The molecule has 1 aliphatic carbocycles. The summed E-state index contributed by atoms with van der Waals surface area (Å²) < 4.78 is 16.2. The number of nitrogens with two attached hydrogens (primary N) is 1. The van der Waals surface area contributed by atoms with E-state index in [1.807, 2.05) is 18.3 Å². The fraction of sp³-hybridized carbons (Fsp3) is 0.471. The van der Waals surface area contributed by atoms with Gasteiger partial charge in [0.1, 0.15) is 5.82 Å². The van der Waals surface area contributed by atoms with Crippen molar-refractivity contribution in [3.8, 4) is 0 Å². The van der Waals surface area contributed by atoms with Gasteiger partial charge in [-0.15, -0.1) is 0 Å². The van der Waals surface area contributed by atoms with Gasteiger partial charge in [0.2, 0.25) is 0 Å². The van der Waals surface area contributed by atoms with E-state index in [-0.39, 0.29) is 11.9 Å². The van der Waals surface area contributed by atoms with Crippen molar-refractivity contribution in [3.05, 3.63) is 53.1 Å². The second-order valence-electron chi connectivity index (χ2n) is 6.01. The summed E-state index contributed by atoms with van der Waals surface area (Å²) in [6.45, 7) is 1.76. The van der Waals surface area contributed by atoms with Crippen LogP contribution in [0.15, 0.2) is 30.5 Å². The van der Waals surface area contributed by atoms with Gasteiger partial charge in [-0.2, -0.15) is 5.10 Å². The van der Waals surface area contributed by atoms with Crippen LogP contribution in [-0.2, 0) is 6.42 Å². The number of rotatable bonds is 4. The van der Waals surface area contributed by atoms with Crippen molar-refractivity contribution in [1.29, 1.82) is 0 Å². The van der Waals surface area contributed by atoms with Gasteiger partial charge >= 0.3 is 0 Å². The molecule has 0 saturated heterocycles. The molecule has 1 heterocycles.